The van der Waals surface area contributed by atoms with Crippen LogP contribution in [0.1, 0.15) is 18.0 Å². The van der Waals surface area contributed by atoms with Crippen LogP contribution in [-0.2, 0) is 9.59 Å². The highest BCUT2D eigenvalue weighted by Gasteiger charge is 2.32. The topological polar surface area (TPSA) is 97.9 Å². The van der Waals surface area contributed by atoms with Gasteiger partial charge in [0.1, 0.15) is 17.2 Å². The molecule has 1 aliphatic rings. The lowest BCUT2D eigenvalue weighted by Gasteiger charge is -2.25. The molecule has 1 unspecified atom stereocenters. The van der Waals surface area contributed by atoms with E-state index in [1.807, 2.05) is 0 Å². The maximum absolute atomic E-state index is 11.9. The van der Waals surface area contributed by atoms with Gasteiger partial charge in [-0.15, -0.1) is 0 Å². The Labute approximate surface area is 149 Å². The number of amides is 2. The summed E-state index contributed by atoms with van der Waals surface area (Å²) in [4.78, 5) is 27.8. The van der Waals surface area contributed by atoms with Crippen molar-refractivity contribution in [2.75, 3.05) is 7.05 Å². The number of primary amides is 1. The molecule has 1 atom stereocenters. The number of halogens is 1. The van der Waals surface area contributed by atoms with Crippen LogP contribution in [0.2, 0.25) is 5.02 Å². The van der Waals surface area contributed by atoms with Crippen molar-refractivity contribution in [2.45, 2.75) is 12.3 Å². The van der Waals surface area contributed by atoms with Gasteiger partial charge in [-0.25, -0.2) is 5.01 Å². The fourth-order valence-corrected chi connectivity index (χ4v) is 2.66. The normalized spacial score (nSPS) is 17.2. The lowest BCUT2D eigenvalue weighted by atomic mass is 9.93. The van der Waals surface area contributed by atoms with E-state index >= 15 is 0 Å². The molecule has 0 fully saturated rings. The number of benzene rings is 1. The number of hydrogen-bond donors (Lipinski definition) is 1. The molecular formula is C17H15ClN4O3. The highest BCUT2D eigenvalue weighted by atomic mass is 35.5. The van der Waals surface area contributed by atoms with Crippen LogP contribution in [0.5, 0.6) is 11.5 Å². The molecule has 0 aliphatic carbocycles. The van der Waals surface area contributed by atoms with E-state index in [4.69, 9.17) is 22.1 Å². The summed E-state index contributed by atoms with van der Waals surface area (Å²) in [7, 11) is 1.48. The van der Waals surface area contributed by atoms with Crippen molar-refractivity contribution in [1.82, 2.24) is 9.99 Å². The zero-order valence-corrected chi connectivity index (χ0v) is 14.1. The third-order valence-corrected chi connectivity index (χ3v) is 3.96. The van der Waals surface area contributed by atoms with Crippen molar-refractivity contribution in [2.24, 2.45) is 10.8 Å². The summed E-state index contributed by atoms with van der Waals surface area (Å²) in [5, 5.41) is 5.64. The Hall–Kier alpha value is -2.93. The van der Waals surface area contributed by atoms with Crippen LogP contribution in [0.3, 0.4) is 0 Å². The highest BCUT2D eigenvalue weighted by molar-refractivity contribution is 6.41. The molecule has 0 saturated heterocycles. The van der Waals surface area contributed by atoms with Gasteiger partial charge in [0.05, 0.1) is 17.8 Å². The second-order valence-corrected chi connectivity index (χ2v) is 5.94. The average molecular weight is 359 g/mol. The number of pyridine rings is 1. The maximum Gasteiger partial charge on any atom is 0.265 e. The summed E-state index contributed by atoms with van der Waals surface area (Å²) >= 11 is 5.92. The molecule has 0 saturated carbocycles. The Bertz CT molecular complexity index is 851. The monoisotopic (exact) mass is 358 g/mol. The number of nitrogens with two attached hydrogens (primary N) is 1. The Morgan fingerprint density at radius 3 is 2.76 bits per heavy atom. The first-order chi connectivity index (χ1) is 11.9. The summed E-state index contributed by atoms with van der Waals surface area (Å²) < 4.78 is 5.67. The quantitative estimate of drug-likeness (QED) is 0.906. The number of carbonyl (C=O) groups excluding carboxylic acids is 2. The van der Waals surface area contributed by atoms with Crippen molar-refractivity contribution in [3.63, 3.8) is 0 Å². The first kappa shape index (κ1) is 16.9. The van der Waals surface area contributed by atoms with Gasteiger partial charge in [-0.05, 0) is 30.3 Å². The van der Waals surface area contributed by atoms with Crippen molar-refractivity contribution in [3.8, 4) is 11.5 Å². The molecule has 2 aromatic rings. The second kappa shape index (κ2) is 6.90. The fraction of sp³-hybridized carbons (Fsp3) is 0.176. The van der Waals surface area contributed by atoms with Crippen LogP contribution >= 0.6 is 11.6 Å². The number of hydrogen-bond acceptors (Lipinski definition) is 5. The van der Waals surface area contributed by atoms with Gasteiger partial charge in [0.2, 0.25) is 5.91 Å². The molecule has 2 heterocycles. The third kappa shape index (κ3) is 3.77. The highest BCUT2D eigenvalue weighted by Crippen LogP contribution is 2.28. The van der Waals surface area contributed by atoms with Gasteiger partial charge in [0.25, 0.3) is 5.91 Å². The average Bonchev–Trinajstić information content (AvgIpc) is 2.57. The zero-order valence-electron chi connectivity index (χ0n) is 13.3. The van der Waals surface area contributed by atoms with Crippen LogP contribution in [0.25, 0.3) is 0 Å². The lowest BCUT2D eigenvalue weighted by molar-refractivity contribution is -0.130. The lowest BCUT2D eigenvalue weighted by Crippen LogP contribution is -2.39. The third-order valence-electron chi connectivity index (χ3n) is 3.73. The summed E-state index contributed by atoms with van der Waals surface area (Å²) in [5.74, 6) is -0.374. The minimum atomic E-state index is -0.676. The molecule has 2 amide bonds. The molecule has 0 spiro atoms. The SMILES string of the molecule is CN1N=C(C(N)=O)C(c2ccc(Oc3cccc(Cl)c3)cn2)CC1=O. The molecular weight excluding hydrogens is 344 g/mol. The van der Waals surface area contributed by atoms with Crippen molar-refractivity contribution >= 4 is 29.1 Å². The fourth-order valence-electron chi connectivity index (χ4n) is 2.48. The molecule has 1 aromatic heterocycles. The van der Waals surface area contributed by atoms with Crippen LogP contribution in [0.15, 0.2) is 47.7 Å². The molecule has 7 nitrogen and oxygen atoms in total. The van der Waals surface area contributed by atoms with Gasteiger partial charge in [0, 0.05) is 18.5 Å². The smallest absolute Gasteiger partial charge is 0.265 e. The predicted molar refractivity (Wildman–Crippen MR) is 92.5 cm³/mol. The van der Waals surface area contributed by atoms with Gasteiger partial charge in [0.15, 0.2) is 0 Å². The van der Waals surface area contributed by atoms with E-state index in [1.165, 1.54) is 13.2 Å². The number of aromatic nitrogens is 1. The van der Waals surface area contributed by atoms with Gasteiger partial charge in [-0.1, -0.05) is 17.7 Å². The first-order valence-corrected chi connectivity index (χ1v) is 7.86. The number of rotatable bonds is 4. The molecule has 3 rings (SSSR count). The number of nitrogens with zero attached hydrogens (tertiary/aromatic N) is 3. The van der Waals surface area contributed by atoms with Crippen LogP contribution in [0.4, 0.5) is 0 Å². The van der Waals surface area contributed by atoms with Crippen LogP contribution in [0, 0.1) is 0 Å². The van der Waals surface area contributed by atoms with E-state index in [2.05, 4.69) is 10.1 Å². The molecule has 8 heteroatoms. The molecule has 0 radical (unpaired) electrons. The van der Waals surface area contributed by atoms with E-state index in [0.29, 0.717) is 22.2 Å². The molecule has 2 N–H and O–H groups in total. The Balaban J connectivity index is 1.83. The molecule has 1 aromatic carbocycles. The van der Waals surface area contributed by atoms with E-state index in [1.54, 1.807) is 36.4 Å². The maximum atomic E-state index is 11.9. The minimum absolute atomic E-state index is 0.0831. The molecule has 1 aliphatic heterocycles. The number of hydrazone groups is 1. The Morgan fingerprint density at radius 2 is 2.12 bits per heavy atom. The second-order valence-electron chi connectivity index (χ2n) is 5.50. The van der Waals surface area contributed by atoms with Gasteiger partial charge in [-0.3, -0.25) is 14.6 Å². The Kier molecular flexibility index (Phi) is 4.67. The van der Waals surface area contributed by atoms with Gasteiger partial charge < -0.3 is 10.5 Å². The predicted octanol–water partition coefficient (Wildman–Crippen LogP) is 2.31. The van der Waals surface area contributed by atoms with E-state index in [0.717, 1.165) is 5.01 Å². The van der Waals surface area contributed by atoms with E-state index < -0.39 is 11.8 Å². The number of ether oxygens (including phenoxy) is 1. The van der Waals surface area contributed by atoms with Crippen molar-refractivity contribution in [1.29, 1.82) is 0 Å². The largest absolute Gasteiger partial charge is 0.456 e. The minimum Gasteiger partial charge on any atom is -0.456 e. The van der Waals surface area contributed by atoms with Crippen molar-refractivity contribution in [3.05, 3.63) is 53.3 Å². The first-order valence-electron chi connectivity index (χ1n) is 7.48. The van der Waals surface area contributed by atoms with Gasteiger partial charge >= 0.3 is 0 Å². The molecule has 128 valence electrons. The molecule has 0 bridgehead atoms. The van der Waals surface area contributed by atoms with Gasteiger partial charge in [-0.2, -0.15) is 5.10 Å². The standard InChI is InChI=1S/C17H15ClN4O3/c1-22-15(23)8-13(16(21-22)17(19)24)14-6-5-12(9-20-14)25-11-4-2-3-10(18)7-11/h2-7,9,13H,8H2,1H3,(H2,19,24). The van der Waals surface area contributed by atoms with Crippen molar-refractivity contribution < 1.29 is 14.3 Å². The summed E-state index contributed by atoms with van der Waals surface area (Å²) in [6.07, 6.45) is 1.59. The summed E-state index contributed by atoms with van der Waals surface area (Å²) in [6, 6.07) is 10.4. The van der Waals surface area contributed by atoms with Crippen LogP contribution < -0.4 is 10.5 Å². The van der Waals surface area contributed by atoms with E-state index in [-0.39, 0.29) is 18.0 Å². The number of carbonyl (C=O) groups is 2. The summed E-state index contributed by atoms with van der Waals surface area (Å²) in [5.41, 5.74) is 6.01. The van der Waals surface area contributed by atoms with Crippen LogP contribution in [-0.4, -0.2) is 34.6 Å². The summed E-state index contributed by atoms with van der Waals surface area (Å²) in [6.45, 7) is 0. The molecule has 25 heavy (non-hydrogen) atoms. The van der Waals surface area contributed by atoms with E-state index in [9.17, 15) is 9.59 Å². The zero-order chi connectivity index (χ0) is 18.0. The Morgan fingerprint density at radius 1 is 1.32 bits per heavy atom.